The summed E-state index contributed by atoms with van der Waals surface area (Å²) in [5.41, 5.74) is 0.446. The van der Waals surface area contributed by atoms with Crippen molar-refractivity contribution < 1.29 is 27.4 Å². The van der Waals surface area contributed by atoms with Gasteiger partial charge in [0.25, 0.3) is 5.91 Å². The van der Waals surface area contributed by atoms with Gasteiger partial charge in [0.15, 0.2) is 0 Å². The second-order valence-corrected chi connectivity index (χ2v) is 8.05. The van der Waals surface area contributed by atoms with E-state index in [1.807, 2.05) is 6.92 Å². The predicted molar refractivity (Wildman–Crippen MR) is 111 cm³/mol. The van der Waals surface area contributed by atoms with Gasteiger partial charge in [-0.3, -0.25) is 4.79 Å². The Balaban J connectivity index is 2.41. The first-order valence-corrected chi connectivity index (χ1v) is 10.5. The monoisotopic (exact) mass is 442 g/mol. The normalized spacial score (nSPS) is 11.1. The lowest BCUT2D eigenvalue weighted by Crippen LogP contribution is -2.25. The number of rotatable bonds is 9. The first-order valence-electron chi connectivity index (χ1n) is 8.68. The lowest BCUT2D eigenvalue weighted by atomic mass is 10.2. The summed E-state index contributed by atoms with van der Waals surface area (Å²) >= 11 is 6.07. The van der Waals surface area contributed by atoms with E-state index >= 15 is 0 Å². The maximum absolute atomic E-state index is 12.8. The Morgan fingerprint density at radius 3 is 2.24 bits per heavy atom. The van der Waals surface area contributed by atoms with Gasteiger partial charge in [-0.2, -0.15) is 0 Å². The fourth-order valence-electron chi connectivity index (χ4n) is 2.49. The summed E-state index contributed by atoms with van der Waals surface area (Å²) in [5.74, 6) is 0.276. The highest BCUT2D eigenvalue weighted by molar-refractivity contribution is 7.89. The van der Waals surface area contributed by atoms with Crippen LogP contribution in [0, 0.1) is 0 Å². The molecule has 0 radical (unpaired) electrons. The molecule has 0 spiro atoms. The zero-order chi connectivity index (χ0) is 21.6. The van der Waals surface area contributed by atoms with E-state index in [0.717, 1.165) is 0 Å². The first kappa shape index (κ1) is 22.8. The number of anilines is 1. The highest BCUT2D eigenvalue weighted by Gasteiger charge is 2.22. The van der Waals surface area contributed by atoms with Crippen LogP contribution in [0.3, 0.4) is 0 Å². The quantitative estimate of drug-likeness (QED) is 0.617. The number of sulfonamides is 1. The molecule has 0 saturated carbocycles. The SMILES string of the molecule is CCCNS(=O)(=O)c1cc(C(=O)Nc2cc(OC)c(Cl)cc2OC)ccc1OC. The summed E-state index contributed by atoms with van der Waals surface area (Å²) in [4.78, 5) is 12.6. The maximum Gasteiger partial charge on any atom is 0.255 e. The number of halogens is 1. The number of ether oxygens (including phenoxy) is 3. The van der Waals surface area contributed by atoms with Crippen LogP contribution in [-0.2, 0) is 10.0 Å². The molecule has 0 heterocycles. The van der Waals surface area contributed by atoms with Crippen molar-refractivity contribution in [2.24, 2.45) is 0 Å². The highest BCUT2D eigenvalue weighted by Crippen LogP contribution is 2.36. The predicted octanol–water partition coefficient (Wildman–Crippen LogP) is 3.31. The highest BCUT2D eigenvalue weighted by atomic mass is 35.5. The molecule has 0 bridgehead atoms. The zero-order valence-corrected chi connectivity index (χ0v) is 18.1. The molecule has 0 aliphatic heterocycles. The largest absolute Gasteiger partial charge is 0.495 e. The number of carbonyl (C=O) groups is 1. The van der Waals surface area contributed by atoms with Crippen LogP contribution in [0.15, 0.2) is 35.2 Å². The van der Waals surface area contributed by atoms with Crippen LogP contribution >= 0.6 is 11.6 Å². The fraction of sp³-hybridized carbons (Fsp3) is 0.316. The van der Waals surface area contributed by atoms with Crippen LogP contribution < -0.4 is 24.2 Å². The van der Waals surface area contributed by atoms with Gasteiger partial charge in [0.2, 0.25) is 10.0 Å². The zero-order valence-electron chi connectivity index (χ0n) is 16.5. The van der Waals surface area contributed by atoms with Crippen LogP contribution in [0.2, 0.25) is 5.02 Å². The summed E-state index contributed by atoms with van der Waals surface area (Å²) < 4.78 is 43.1. The van der Waals surface area contributed by atoms with E-state index in [1.54, 1.807) is 0 Å². The molecular formula is C19H23ClN2O6S. The van der Waals surface area contributed by atoms with Crippen LogP contribution in [0.1, 0.15) is 23.7 Å². The van der Waals surface area contributed by atoms with Crippen molar-refractivity contribution in [3.8, 4) is 17.2 Å². The van der Waals surface area contributed by atoms with Gasteiger partial charge in [-0.1, -0.05) is 18.5 Å². The van der Waals surface area contributed by atoms with Crippen molar-refractivity contribution in [1.82, 2.24) is 4.72 Å². The maximum atomic E-state index is 12.8. The van der Waals surface area contributed by atoms with Gasteiger partial charge in [0, 0.05) is 24.2 Å². The summed E-state index contributed by atoms with van der Waals surface area (Å²) in [6.07, 6.45) is 0.625. The molecule has 0 aromatic heterocycles. The number of amides is 1. The second-order valence-electron chi connectivity index (χ2n) is 5.90. The minimum absolute atomic E-state index is 0.123. The Morgan fingerprint density at radius 2 is 1.66 bits per heavy atom. The molecule has 0 unspecified atom stereocenters. The van der Waals surface area contributed by atoms with Gasteiger partial charge in [0.05, 0.1) is 32.0 Å². The number of nitrogens with one attached hydrogen (secondary N) is 2. The lowest BCUT2D eigenvalue weighted by Gasteiger charge is -2.14. The van der Waals surface area contributed by atoms with Crippen molar-refractivity contribution in [3.05, 3.63) is 40.9 Å². The van der Waals surface area contributed by atoms with Crippen molar-refractivity contribution in [2.75, 3.05) is 33.2 Å². The summed E-state index contributed by atoms with van der Waals surface area (Å²) in [7, 11) is 0.403. The molecule has 2 aromatic carbocycles. The third kappa shape index (κ3) is 5.31. The van der Waals surface area contributed by atoms with Crippen LogP contribution in [0.4, 0.5) is 5.69 Å². The molecule has 0 aliphatic carbocycles. The van der Waals surface area contributed by atoms with E-state index < -0.39 is 15.9 Å². The Bertz CT molecular complexity index is 994. The molecule has 0 aliphatic rings. The molecule has 1 amide bonds. The van der Waals surface area contributed by atoms with Crippen molar-refractivity contribution >= 4 is 33.2 Å². The summed E-state index contributed by atoms with van der Waals surface area (Å²) in [6.45, 7) is 2.11. The molecule has 2 aromatic rings. The standard InChI is InChI=1S/C19H23ClN2O6S/c1-5-8-21-29(24,25)18-9-12(6-7-15(18)26-2)19(23)22-14-11-16(27-3)13(20)10-17(14)28-4/h6-7,9-11,21H,5,8H2,1-4H3,(H,22,23). The Hall–Kier alpha value is -2.49. The van der Waals surface area contributed by atoms with Gasteiger partial charge in [0.1, 0.15) is 22.1 Å². The molecule has 8 nitrogen and oxygen atoms in total. The minimum atomic E-state index is -3.84. The number of hydrogen-bond acceptors (Lipinski definition) is 6. The molecular weight excluding hydrogens is 420 g/mol. The topological polar surface area (TPSA) is 103 Å². The average Bonchev–Trinajstić information content (AvgIpc) is 2.72. The number of methoxy groups -OCH3 is 3. The van der Waals surface area contributed by atoms with Crippen molar-refractivity contribution in [1.29, 1.82) is 0 Å². The molecule has 29 heavy (non-hydrogen) atoms. The van der Waals surface area contributed by atoms with Crippen LogP contribution in [0.25, 0.3) is 0 Å². The third-order valence-corrected chi connectivity index (χ3v) is 5.76. The molecule has 2 rings (SSSR count). The van der Waals surface area contributed by atoms with Crippen molar-refractivity contribution in [2.45, 2.75) is 18.2 Å². The fourth-order valence-corrected chi connectivity index (χ4v) is 4.05. The molecule has 158 valence electrons. The van der Waals surface area contributed by atoms with E-state index in [4.69, 9.17) is 25.8 Å². The summed E-state index contributed by atoms with van der Waals surface area (Å²) in [5, 5.41) is 3.00. The van der Waals surface area contributed by atoms with Crippen LogP contribution in [-0.4, -0.2) is 42.2 Å². The molecule has 0 atom stereocenters. The van der Waals surface area contributed by atoms with Gasteiger partial charge in [-0.05, 0) is 24.6 Å². The van der Waals surface area contributed by atoms with E-state index in [1.165, 1.54) is 51.7 Å². The third-order valence-electron chi connectivity index (χ3n) is 3.98. The smallest absolute Gasteiger partial charge is 0.255 e. The van der Waals surface area contributed by atoms with Gasteiger partial charge < -0.3 is 19.5 Å². The Labute approximate surface area is 175 Å². The Morgan fingerprint density at radius 1 is 1.00 bits per heavy atom. The second kappa shape index (κ2) is 9.82. The van der Waals surface area contributed by atoms with E-state index in [-0.39, 0.29) is 22.8 Å². The molecule has 10 heteroatoms. The van der Waals surface area contributed by atoms with Crippen molar-refractivity contribution in [3.63, 3.8) is 0 Å². The molecule has 2 N–H and O–H groups in total. The lowest BCUT2D eigenvalue weighted by molar-refractivity contribution is 0.102. The molecule has 0 saturated heterocycles. The summed E-state index contributed by atoms with van der Waals surface area (Å²) in [6, 6.07) is 7.17. The minimum Gasteiger partial charge on any atom is -0.495 e. The van der Waals surface area contributed by atoms with Gasteiger partial charge in [-0.25, -0.2) is 13.1 Å². The number of benzene rings is 2. The Kier molecular flexibility index (Phi) is 7.72. The van der Waals surface area contributed by atoms with E-state index in [2.05, 4.69) is 10.0 Å². The number of carbonyl (C=O) groups excluding carboxylic acids is 1. The van der Waals surface area contributed by atoms with Gasteiger partial charge >= 0.3 is 0 Å². The number of hydrogen-bond donors (Lipinski definition) is 2. The van der Waals surface area contributed by atoms with Gasteiger partial charge in [-0.15, -0.1) is 0 Å². The van der Waals surface area contributed by atoms with Crippen LogP contribution in [0.5, 0.6) is 17.2 Å². The van der Waals surface area contributed by atoms with E-state index in [0.29, 0.717) is 28.6 Å². The van der Waals surface area contributed by atoms with E-state index in [9.17, 15) is 13.2 Å². The molecule has 0 fully saturated rings. The first-order chi connectivity index (χ1) is 13.8. The average molecular weight is 443 g/mol.